The summed E-state index contributed by atoms with van der Waals surface area (Å²) in [6, 6.07) is 21.4. The lowest BCUT2D eigenvalue weighted by atomic mass is 10.2. The Labute approximate surface area is 211 Å². The lowest BCUT2D eigenvalue weighted by Gasteiger charge is -2.13. The molecule has 2 amide bonds. The molecule has 0 aliphatic carbocycles. The Morgan fingerprint density at radius 2 is 1.59 bits per heavy atom. The van der Waals surface area contributed by atoms with Crippen LogP contribution < -0.4 is 25.6 Å². The Hall–Kier alpha value is -3.43. The number of thiocarbonyl (C=S) groups is 1. The Kier molecular flexibility index (Phi) is 9.00. The van der Waals surface area contributed by atoms with Crippen LogP contribution in [-0.2, 0) is 6.61 Å². The summed E-state index contributed by atoms with van der Waals surface area (Å²) >= 11 is 8.49. The van der Waals surface area contributed by atoms with E-state index in [0.29, 0.717) is 33.7 Å². The Morgan fingerprint density at radius 3 is 2.24 bits per heavy atom. The molecule has 0 spiro atoms. The van der Waals surface area contributed by atoms with E-state index in [9.17, 15) is 9.59 Å². The lowest BCUT2D eigenvalue weighted by Crippen LogP contribution is -2.48. The quantitative estimate of drug-likeness (QED) is 0.295. The highest BCUT2D eigenvalue weighted by atomic mass is 79.9. The van der Waals surface area contributed by atoms with Gasteiger partial charge in [0, 0.05) is 11.1 Å². The van der Waals surface area contributed by atoms with Crippen molar-refractivity contribution < 1.29 is 19.1 Å². The van der Waals surface area contributed by atoms with Gasteiger partial charge in [0.2, 0.25) is 0 Å². The van der Waals surface area contributed by atoms with E-state index < -0.39 is 11.8 Å². The number of amides is 2. The van der Waals surface area contributed by atoms with Gasteiger partial charge in [-0.1, -0.05) is 30.3 Å². The monoisotopic (exact) mass is 541 g/mol. The topological polar surface area (TPSA) is 88.7 Å². The molecule has 0 fully saturated rings. The number of carbonyl (C=O) groups excluding carboxylic acids is 2. The van der Waals surface area contributed by atoms with Crippen LogP contribution in [0.15, 0.2) is 77.3 Å². The number of hydrazine groups is 1. The van der Waals surface area contributed by atoms with Crippen LogP contribution in [0.2, 0.25) is 0 Å². The molecule has 0 atom stereocenters. The van der Waals surface area contributed by atoms with Gasteiger partial charge in [0.05, 0.1) is 10.6 Å². The summed E-state index contributed by atoms with van der Waals surface area (Å²) in [7, 11) is 0. The molecular formula is C25H24BrN3O4S. The first-order valence-electron chi connectivity index (χ1n) is 10.5. The molecule has 0 saturated carbocycles. The summed E-state index contributed by atoms with van der Waals surface area (Å²) in [5, 5.41) is 2.48. The second kappa shape index (κ2) is 12.2. The van der Waals surface area contributed by atoms with Crippen LogP contribution in [0.1, 0.15) is 40.1 Å². The molecule has 0 unspecified atom stereocenters. The maximum absolute atomic E-state index is 12.4. The normalized spacial score (nSPS) is 10.4. The SMILES string of the molecule is CC(C)Oc1ccc(C(=O)NC(=S)NNC(=O)c2ccc(OCc3ccccc3)cc2)cc1Br. The van der Waals surface area contributed by atoms with Crippen LogP contribution in [0.3, 0.4) is 0 Å². The number of hydrogen-bond donors (Lipinski definition) is 3. The Balaban J connectivity index is 1.46. The highest BCUT2D eigenvalue weighted by Crippen LogP contribution is 2.27. The molecule has 34 heavy (non-hydrogen) atoms. The van der Waals surface area contributed by atoms with E-state index >= 15 is 0 Å². The average Bonchev–Trinajstić information content (AvgIpc) is 2.83. The minimum atomic E-state index is -0.427. The molecule has 0 aromatic heterocycles. The van der Waals surface area contributed by atoms with Crippen molar-refractivity contribution >= 4 is 45.1 Å². The fourth-order valence-electron chi connectivity index (χ4n) is 2.83. The van der Waals surface area contributed by atoms with Crippen LogP contribution in [0, 0.1) is 0 Å². The second-order valence-corrected chi connectivity index (χ2v) is 8.74. The predicted molar refractivity (Wildman–Crippen MR) is 138 cm³/mol. The van der Waals surface area contributed by atoms with Crippen molar-refractivity contribution in [3.63, 3.8) is 0 Å². The summed E-state index contributed by atoms with van der Waals surface area (Å²) in [5.74, 6) is 0.440. The first-order valence-corrected chi connectivity index (χ1v) is 11.7. The molecule has 0 saturated heterocycles. The summed E-state index contributed by atoms with van der Waals surface area (Å²) in [5.41, 5.74) is 6.82. The van der Waals surface area contributed by atoms with Gasteiger partial charge in [-0.25, -0.2) is 0 Å². The van der Waals surface area contributed by atoms with Gasteiger partial charge in [0.25, 0.3) is 11.8 Å². The van der Waals surface area contributed by atoms with Gasteiger partial charge in [0.1, 0.15) is 18.1 Å². The largest absolute Gasteiger partial charge is 0.490 e. The van der Waals surface area contributed by atoms with Crippen LogP contribution in [0.5, 0.6) is 11.5 Å². The van der Waals surface area contributed by atoms with Crippen molar-refractivity contribution in [3.8, 4) is 11.5 Å². The fraction of sp³-hybridized carbons (Fsp3) is 0.160. The number of hydrogen-bond acceptors (Lipinski definition) is 5. The predicted octanol–water partition coefficient (Wildman–Crippen LogP) is 4.76. The smallest absolute Gasteiger partial charge is 0.269 e. The molecule has 0 aliphatic heterocycles. The third-order valence-electron chi connectivity index (χ3n) is 4.44. The van der Waals surface area contributed by atoms with Gasteiger partial charge in [-0.2, -0.15) is 0 Å². The number of halogens is 1. The number of benzene rings is 3. The molecule has 7 nitrogen and oxygen atoms in total. The minimum absolute atomic E-state index is 0.00869. The van der Waals surface area contributed by atoms with E-state index in [1.54, 1.807) is 42.5 Å². The van der Waals surface area contributed by atoms with Gasteiger partial charge in [0.15, 0.2) is 5.11 Å². The summed E-state index contributed by atoms with van der Waals surface area (Å²) < 4.78 is 12.0. The molecule has 0 bridgehead atoms. The van der Waals surface area contributed by atoms with Gasteiger partial charge in [-0.15, -0.1) is 0 Å². The molecule has 3 aromatic carbocycles. The average molecular weight is 542 g/mol. The molecule has 3 aromatic rings. The van der Waals surface area contributed by atoms with Gasteiger partial charge in [-0.3, -0.25) is 25.8 Å². The van der Waals surface area contributed by atoms with Crippen molar-refractivity contribution in [1.82, 2.24) is 16.2 Å². The Morgan fingerprint density at radius 1 is 0.912 bits per heavy atom. The zero-order valence-corrected chi connectivity index (χ0v) is 21.0. The first kappa shape index (κ1) is 25.2. The van der Waals surface area contributed by atoms with Crippen LogP contribution in [0.25, 0.3) is 0 Å². The van der Waals surface area contributed by atoms with Gasteiger partial charge in [-0.05, 0) is 90.0 Å². The molecule has 0 radical (unpaired) electrons. The third-order valence-corrected chi connectivity index (χ3v) is 5.26. The van der Waals surface area contributed by atoms with Crippen molar-refractivity contribution in [2.24, 2.45) is 0 Å². The maximum Gasteiger partial charge on any atom is 0.269 e. The molecule has 3 rings (SSSR count). The van der Waals surface area contributed by atoms with Crippen LogP contribution >= 0.6 is 28.1 Å². The standard InChI is InChI=1S/C25H24BrN3O4S/c1-16(2)33-22-13-10-19(14-21(22)26)23(30)27-25(34)29-28-24(31)18-8-11-20(12-9-18)32-15-17-6-4-3-5-7-17/h3-14,16H,15H2,1-2H3,(H,28,31)(H2,27,29,30,34). The first-order chi connectivity index (χ1) is 16.3. The summed E-state index contributed by atoms with van der Waals surface area (Å²) in [4.78, 5) is 24.8. The van der Waals surface area contributed by atoms with Crippen molar-refractivity contribution in [1.29, 1.82) is 0 Å². The number of nitrogens with one attached hydrogen (secondary N) is 3. The summed E-state index contributed by atoms with van der Waals surface area (Å²) in [6.07, 6.45) is 0.00869. The fourth-order valence-corrected chi connectivity index (χ4v) is 3.44. The number of carbonyl (C=O) groups is 2. The molecule has 176 valence electrons. The molecular weight excluding hydrogens is 518 g/mol. The Bertz CT molecular complexity index is 1150. The maximum atomic E-state index is 12.4. The van der Waals surface area contributed by atoms with Gasteiger partial charge < -0.3 is 9.47 Å². The van der Waals surface area contributed by atoms with E-state index in [0.717, 1.165) is 5.56 Å². The number of ether oxygens (including phenoxy) is 2. The highest BCUT2D eigenvalue weighted by molar-refractivity contribution is 9.10. The molecule has 3 N–H and O–H groups in total. The van der Waals surface area contributed by atoms with E-state index in [1.165, 1.54) is 0 Å². The van der Waals surface area contributed by atoms with E-state index in [-0.39, 0.29) is 11.2 Å². The van der Waals surface area contributed by atoms with Crippen LogP contribution in [0.4, 0.5) is 0 Å². The second-order valence-electron chi connectivity index (χ2n) is 7.47. The minimum Gasteiger partial charge on any atom is -0.490 e. The van der Waals surface area contributed by atoms with E-state index in [2.05, 4.69) is 32.1 Å². The van der Waals surface area contributed by atoms with Crippen molar-refractivity contribution in [2.45, 2.75) is 26.6 Å². The van der Waals surface area contributed by atoms with Crippen molar-refractivity contribution in [2.75, 3.05) is 0 Å². The zero-order chi connectivity index (χ0) is 24.5. The molecule has 0 aliphatic rings. The van der Waals surface area contributed by atoms with E-state index in [4.69, 9.17) is 21.7 Å². The molecule has 0 heterocycles. The van der Waals surface area contributed by atoms with E-state index in [1.807, 2.05) is 44.2 Å². The lowest BCUT2D eigenvalue weighted by molar-refractivity contribution is 0.0934. The van der Waals surface area contributed by atoms with Crippen molar-refractivity contribution in [3.05, 3.63) is 94.0 Å². The summed E-state index contributed by atoms with van der Waals surface area (Å²) in [6.45, 7) is 4.27. The highest BCUT2D eigenvalue weighted by Gasteiger charge is 2.12. The molecule has 9 heteroatoms. The van der Waals surface area contributed by atoms with Crippen LogP contribution in [-0.4, -0.2) is 23.0 Å². The van der Waals surface area contributed by atoms with Gasteiger partial charge >= 0.3 is 0 Å². The zero-order valence-electron chi connectivity index (χ0n) is 18.6. The third kappa shape index (κ3) is 7.57. The number of rotatable bonds is 7.